The molecule has 0 saturated heterocycles. The molecule has 118 valence electrons. The summed E-state index contributed by atoms with van der Waals surface area (Å²) >= 11 is 0. The van der Waals surface area contributed by atoms with Gasteiger partial charge in [-0.3, -0.25) is 4.79 Å². The molecule has 0 fully saturated rings. The zero-order valence-corrected chi connectivity index (χ0v) is 14.5. The normalized spacial score (nSPS) is 30.7. The van der Waals surface area contributed by atoms with Gasteiger partial charge >= 0.3 is 0 Å². The minimum atomic E-state index is 0.383. The number of carbonyl (C=O) groups excluding carboxylic acids is 1. The van der Waals surface area contributed by atoms with E-state index >= 15 is 0 Å². The van der Waals surface area contributed by atoms with E-state index in [9.17, 15) is 4.79 Å². The summed E-state index contributed by atoms with van der Waals surface area (Å²) in [4.78, 5) is 12.1. The third-order valence-electron chi connectivity index (χ3n) is 4.34. The van der Waals surface area contributed by atoms with E-state index in [-0.39, 0.29) is 0 Å². The van der Waals surface area contributed by atoms with E-state index in [1.807, 2.05) is 0 Å². The summed E-state index contributed by atoms with van der Waals surface area (Å²) in [6.07, 6.45) is 12.6. The van der Waals surface area contributed by atoms with Crippen LogP contribution in [0.5, 0.6) is 0 Å². The second kappa shape index (κ2) is 9.02. The van der Waals surface area contributed by atoms with Crippen molar-refractivity contribution in [2.24, 2.45) is 11.8 Å². The fraction of sp³-hybridized carbons (Fsp3) is 0.650. The monoisotopic (exact) mass is 288 g/mol. The Morgan fingerprint density at radius 2 is 1.81 bits per heavy atom. The van der Waals surface area contributed by atoms with Crippen LogP contribution in [0.1, 0.15) is 73.1 Å². The van der Waals surface area contributed by atoms with Crippen LogP contribution in [-0.2, 0) is 4.79 Å². The third-order valence-corrected chi connectivity index (χ3v) is 4.34. The molecular formula is C20H32O. The zero-order valence-electron chi connectivity index (χ0n) is 14.5. The summed E-state index contributed by atoms with van der Waals surface area (Å²) in [6, 6.07) is 0. The molecule has 1 heteroatoms. The predicted octanol–water partition coefficient (Wildman–Crippen LogP) is 6.02. The van der Waals surface area contributed by atoms with Gasteiger partial charge in [-0.25, -0.2) is 0 Å². The van der Waals surface area contributed by atoms with Gasteiger partial charge in [-0.15, -0.1) is 0 Å². The van der Waals surface area contributed by atoms with E-state index < -0.39 is 0 Å². The first-order valence-corrected chi connectivity index (χ1v) is 8.42. The molecule has 0 aromatic rings. The molecule has 1 aliphatic carbocycles. The summed E-state index contributed by atoms with van der Waals surface area (Å²) in [7, 11) is 0. The van der Waals surface area contributed by atoms with E-state index in [1.54, 1.807) is 0 Å². The van der Waals surface area contributed by atoms with Crippen LogP contribution < -0.4 is 0 Å². The van der Waals surface area contributed by atoms with Gasteiger partial charge in [0.05, 0.1) is 0 Å². The molecule has 1 rings (SSSR count). The largest absolute Gasteiger partial charge is 0.299 e. The number of carbonyl (C=O) groups is 1. The highest BCUT2D eigenvalue weighted by Gasteiger charge is 2.10. The summed E-state index contributed by atoms with van der Waals surface area (Å²) in [5.41, 5.74) is 4.16. The van der Waals surface area contributed by atoms with Crippen molar-refractivity contribution in [2.75, 3.05) is 0 Å². The van der Waals surface area contributed by atoms with E-state index in [4.69, 9.17) is 0 Å². The van der Waals surface area contributed by atoms with Crippen molar-refractivity contribution in [1.82, 2.24) is 0 Å². The molecule has 0 aliphatic heterocycles. The van der Waals surface area contributed by atoms with Crippen LogP contribution in [0.4, 0.5) is 0 Å². The van der Waals surface area contributed by atoms with Crippen molar-refractivity contribution >= 4 is 5.78 Å². The number of hydrogen-bond acceptors (Lipinski definition) is 1. The van der Waals surface area contributed by atoms with Crippen LogP contribution in [-0.4, -0.2) is 5.78 Å². The lowest BCUT2D eigenvalue weighted by Crippen LogP contribution is -2.06. The number of hydrogen-bond donors (Lipinski definition) is 0. The molecule has 0 saturated carbocycles. The Kier molecular flexibility index (Phi) is 7.71. The van der Waals surface area contributed by atoms with Crippen molar-refractivity contribution < 1.29 is 4.79 Å². The Morgan fingerprint density at radius 3 is 2.48 bits per heavy atom. The highest BCUT2D eigenvalue weighted by molar-refractivity contribution is 5.80. The fourth-order valence-corrected chi connectivity index (χ4v) is 2.80. The van der Waals surface area contributed by atoms with Gasteiger partial charge in [0.15, 0.2) is 0 Å². The summed E-state index contributed by atoms with van der Waals surface area (Å²) in [5.74, 6) is 1.46. The van der Waals surface area contributed by atoms with Crippen LogP contribution in [0.2, 0.25) is 0 Å². The van der Waals surface area contributed by atoms with Crippen LogP contribution in [0.25, 0.3) is 0 Å². The lowest BCUT2D eigenvalue weighted by molar-refractivity contribution is -0.119. The van der Waals surface area contributed by atoms with Crippen molar-refractivity contribution in [1.29, 1.82) is 0 Å². The molecule has 21 heavy (non-hydrogen) atoms. The highest BCUT2D eigenvalue weighted by Crippen LogP contribution is 2.22. The van der Waals surface area contributed by atoms with Gasteiger partial charge in [-0.05, 0) is 51.4 Å². The molecule has 1 atom stereocenters. The molecule has 1 nitrogen and oxygen atoms in total. The van der Waals surface area contributed by atoms with Crippen molar-refractivity contribution in [3.8, 4) is 0 Å². The second-order valence-electron chi connectivity index (χ2n) is 7.06. The SMILES string of the molecule is C/C1=C/C=C(/C(C)C)CC/C(C)=C/CC[C@@H](C)CC(=O)C1. The van der Waals surface area contributed by atoms with Gasteiger partial charge in [0, 0.05) is 12.8 Å². The number of ketones is 1. The molecule has 0 aromatic heterocycles. The Balaban J connectivity index is 2.91. The van der Waals surface area contributed by atoms with E-state index in [0.717, 1.165) is 32.1 Å². The fourth-order valence-electron chi connectivity index (χ4n) is 2.80. The minimum absolute atomic E-state index is 0.383. The van der Waals surface area contributed by atoms with Gasteiger partial charge in [0.2, 0.25) is 0 Å². The average Bonchev–Trinajstić information content (AvgIpc) is 2.36. The summed E-state index contributed by atoms with van der Waals surface area (Å²) < 4.78 is 0. The van der Waals surface area contributed by atoms with Crippen LogP contribution in [0.3, 0.4) is 0 Å². The Labute approximate surface area is 131 Å². The molecular weight excluding hydrogens is 256 g/mol. The van der Waals surface area contributed by atoms with Gasteiger partial charge in [-0.2, -0.15) is 0 Å². The molecule has 0 bridgehead atoms. The van der Waals surface area contributed by atoms with Gasteiger partial charge in [0.1, 0.15) is 5.78 Å². The van der Waals surface area contributed by atoms with Gasteiger partial charge in [-0.1, -0.05) is 55.7 Å². The Bertz CT molecular complexity index is 435. The molecule has 0 amide bonds. The zero-order chi connectivity index (χ0) is 15.8. The minimum Gasteiger partial charge on any atom is -0.299 e. The van der Waals surface area contributed by atoms with E-state index in [0.29, 0.717) is 24.0 Å². The molecule has 0 radical (unpaired) electrons. The van der Waals surface area contributed by atoms with Crippen molar-refractivity contribution in [3.63, 3.8) is 0 Å². The lowest BCUT2D eigenvalue weighted by atomic mass is 9.92. The number of allylic oxidation sites excluding steroid dienone is 6. The lowest BCUT2D eigenvalue weighted by Gasteiger charge is -2.13. The van der Waals surface area contributed by atoms with Crippen LogP contribution in [0, 0.1) is 11.8 Å². The topological polar surface area (TPSA) is 17.1 Å². The maximum Gasteiger partial charge on any atom is 0.137 e. The van der Waals surface area contributed by atoms with Crippen molar-refractivity contribution in [3.05, 3.63) is 34.9 Å². The van der Waals surface area contributed by atoms with E-state index in [2.05, 4.69) is 52.8 Å². The first kappa shape index (κ1) is 17.9. The van der Waals surface area contributed by atoms with Crippen LogP contribution >= 0.6 is 0 Å². The smallest absolute Gasteiger partial charge is 0.137 e. The summed E-state index contributed by atoms with van der Waals surface area (Å²) in [6.45, 7) is 11.0. The van der Waals surface area contributed by atoms with Crippen molar-refractivity contribution in [2.45, 2.75) is 73.1 Å². The molecule has 1 aliphatic rings. The van der Waals surface area contributed by atoms with E-state index in [1.165, 1.54) is 16.7 Å². The first-order valence-electron chi connectivity index (χ1n) is 8.42. The Morgan fingerprint density at radius 1 is 1.10 bits per heavy atom. The molecule has 0 heterocycles. The number of rotatable bonds is 1. The first-order chi connectivity index (χ1) is 9.88. The average molecular weight is 288 g/mol. The summed E-state index contributed by atoms with van der Waals surface area (Å²) in [5, 5.41) is 0. The molecule has 0 N–H and O–H groups in total. The van der Waals surface area contributed by atoms with Crippen LogP contribution in [0.15, 0.2) is 34.9 Å². The molecule has 0 unspecified atom stereocenters. The van der Waals surface area contributed by atoms with Gasteiger partial charge in [0.25, 0.3) is 0 Å². The number of Topliss-reactive ketones (excluding diaryl/α,β-unsaturated/α-hetero) is 1. The standard InChI is InChI=1S/C20H32O/c1-15(2)19-11-9-16(3)7-6-8-17(4)13-20(21)14-18(5)10-12-19/h7,10,12,15,17H,6,8-9,11,13-14H2,1-5H3/b16-7+,18-10-,19-12+/t17-/m1/s1. The third kappa shape index (κ3) is 7.45. The van der Waals surface area contributed by atoms with Gasteiger partial charge < -0.3 is 0 Å². The predicted molar refractivity (Wildman–Crippen MR) is 92.3 cm³/mol. The highest BCUT2D eigenvalue weighted by atomic mass is 16.1. The second-order valence-corrected chi connectivity index (χ2v) is 7.06. The Hall–Kier alpha value is -1.11. The quantitative estimate of drug-likeness (QED) is 0.539. The maximum absolute atomic E-state index is 12.1. The molecule has 0 spiro atoms. The molecule has 0 aromatic carbocycles. The maximum atomic E-state index is 12.1.